The third-order valence-electron chi connectivity index (χ3n) is 7.99. The summed E-state index contributed by atoms with van der Waals surface area (Å²) in [6, 6.07) is 25.2. The van der Waals surface area contributed by atoms with Crippen LogP contribution in [-0.2, 0) is 21.9 Å². The van der Waals surface area contributed by atoms with Crippen LogP contribution >= 0.6 is 23.1 Å². The van der Waals surface area contributed by atoms with E-state index in [-0.39, 0.29) is 22.3 Å². The lowest BCUT2D eigenvalue weighted by atomic mass is 9.96. The molecular formula is C36H28FN5O5S2. The van der Waals surface area contributed by atoms with E-state index in [0.717, 1.165) is 22.5 Å². The predicted molar refractivity (Wildman–Crippen MR) is 184 cm³/mol. The lowest BCUT2D eigenvalue weighted by Crippen LogP contribution is -2.29. The van der Waals surface area contributed by atoms with Gasteiger partial charge in [0.05, 0.1) is 24.4 Å². The van der Waals surface area contributed by atoms with E-state index in [1.54, 1.807) is 60.0 Å². The molecule has 1 aliphatic rings. The van der Waals surface area contributed by atoms with Gasteiger partial charge in [-0.25, -0.2) is 9.37 Å². The number of pyridine rings is 1. The van der Waals surface area contributed by atoms with Crippen LogP contribution in [0.4, 0.5) is 9.52 Å². The summed E-state index contributed by atoms with van der Waals surface area (Å²) < 4.78 is 27.4. The van der Waals surface area contributed by atoms with E-state index >= 15 is 0 Å². The molecule has 246 valence electrons. The van der Waals surface area contributed by atoms with Gasteiger partial charge in [0.1, 0.15) is 23.8 Å². The van der Waals surface area contributed by atoms with Gasteiger partial charge in [-0.1, -0.05) is 77.7 Å². The first kappa shape index (κ1) is 32.0. The van der Waals surface area contributed by atoms with Gasteiger partial charge in [-0.3, -0.25) is 18.9 Å². The molecule has 3 aromatic carbocycles. The second-order valence-corrected chi connectivity index (χ2v) is 13.3. The number of methoxy groups -OCH3 is 1. The molecule has 1 N–H and O–H groups in total. The van der Waals surface area contributed by atoms with E-state index in [0.29, 0.717) is 50.8 Å². The zero-order chi connectivity index (χ0) is 34.1. The van der Waals surface area contributed by atoms with Crippen LogP contribution in [0, 0.1) is 12.7 Å². The Morgan fingerprint density at radius 3 is 2.51 bits per heavy atom. The Morgan fingerprint density at radius 2 is 1.73 bits per heavy atom. The summed E-state index contributed by atoms with van der Waals surface area (Å²) in [6.07, 6.45) is 1.73. The Kier molecular flexibility index (Phi) is 8.85. The van der Waals surface area contributed by atoms with E-state index < -0.39 is 17.7 Å². The van der Waals surface area contributed by atoms with E-state index in [1.165, 1.54) is 35.9 Å². The molecule has 0 saturated carbocycles. The monoisotopic (exact) mass is 693 g/mol. The fraction of sp³-hybridized carbons (Fsp3) is 0.139. The minimum absolute atomic E-state index is 0.130. The largest absolute Gasteiger partial charge is 0.505 e. The lowest BCUT2D eigenvalue weighted by Gasteiger charge is -2.23. The van der Waals surface area contributed by atoms with Gasteiger partial charge in [0.25, 0.3) is 5.78 Å². The summed E-state index contributed by atoms with van der Waals surface area (Å²) in [4.78, 5) is 33.6. The number of Topliss-reactive ketones (excluding diaryl/α,β-unsaturated/α-hetero) is 1. The van der Waals surface area contributed by atoms with Gasteiger partial charge in [0.2, 0.25) is 5.13 Å². The van der Waals surface area contributed by atoms with Crippen LogP contribution in [0.5, 0.6) is 11.5 Å². The Morgan fingerprint density at radius 1 is 0.959 bits per heavy atom. The maximum absolute atomic E-state index is 13.9. The van der Waals surface area contributed by atoms with Crippen molar-refractivity contribution in [2.45, 2.75) is 29.7 Å². The quantitative estimate of drug-likeness (QED) is 0.0525. The first-order valence-corrected chi connectivity index (χ1v) is 16.9. The molecule has 3 aromatic heterocycles. The van der Waals surface area contributed by atoms with Crippen molar-refractivity contribution in [3.05, 3.63) is 137 Å². The molecule has 1 saturated heterocycles. The summed E-state index contributed by atoms with van der Waals surface area (Å²) in [7, 11) is 1.50. The van der Waals surface area contributed by atoms with E-state index in [4.69, 9.17) is 9.47 Å². The number of fused-ring (bicyclic) bond motifs is 1. The van der Waals surface area contributed by atoms with Gasteiger partial charge >= 0.3 is 5.91 Å². The number of carbonyl (C=O) groups is 2. The normalized spacial score (nSPS) is 15.7. The number of hydrogen-bond acceptors (Lipinski definition) is 10. The molecule has 10 nitrogen and oxygen atoms in total. The third kappa shape index (κ3) is 6.25. The SMILES string of the molecule is COc1cc(C2/C(=C(\O)c3c(C)nc4ccccn34)C(=O)C(=O)N2c2nnc(SCc3ccc(F)cc3)s2)ccc1OCc1ccccc1. The molecule has 0 bridgehead atoms. The molecule has 1 unspecified atom stereocenters. The van der Waals surface area contributed by atoms with Gasteiger partial charge in [-0.05, 0) is 60.0 Å². The van der Waals surface area contributed by atoms with E-state index in [9.17, 15) is 19.1 Å². The highest BCUT2D eigenvalue weighted by Crippen LogP contribution is 2.46. The molecule has 49 heavy (non-hydrogen) atoms. The Bertz CT molecular complexity index is 2220. The molecule has 1 aliphatic heterocycles. The Hall–Kier alpha value is -5.53. The average molecular weight is 694 g/mol. The average Bonchev–Trinajstić information content (AvgIpc) is 3.80. The van der Waals surface area contributed by atoms with Crippen LogP contribution in [0.3, 0.4) is 0 Å². The molecule has 0 aliphatic carbocycles. The molecule has 4 heterocycles. The zero-order valence-electron chi connectivity index (χ0n) is 26.2. The highest BCUT2D eigenvalue weighted by molar-refractivity contribution is 8.00. The van der Waals surface area contributed by atoms with E-state index in [1.807, 2.05) is 36.4 Å². The number of aryl methyl sites for hydroxylation is 1. The number of halogens is 1. The van der Waals surface area contributed by atoms with Crippen LogP contribution in [0.25, 0.3) is 11.4 Å². The molecule has 0 spiro atoms. The number of anilines is 1. The van der Waals surface area contributed by atoms with Crippen molar-refractivity contribution >= 4 is 51.3 Å². The van der Waals surface area contributed by atoms with Crippen molar-refractivity contribution in [3.8, 4) is 11.5 Å². The second kappa shape index (κ2) is 13.5. The topological polar surface area (TPSA) is 119 Å². The standard InChI is InChI=1S/C36H28FN5O5S2/c1-21-30(41-17-7-6-10-28(41)38-21)32(43)29-31(24-13-16-26(27(18-24)46-2)47-19-22-8-4-3-5-9-22)42(34(45)33(29)44)35-39-40-36(49-35)48-20-23-11-14-25(37)15-12-23/h3-18,31,43H,19-20H2,1-2H3/b32-29+. The van der Waals surface area contributed by atoms with Crippen molar-refractivity contribution in [1.29, 1.82) is 0 Å². The van der Waals surface area contributed by atoms with Crippen LogP contribution in [-0.4, -0.2) is 43.5 Å². The zero-order valence-corrected chi connectivity index (χ0v) is 27.9. The second-order valence-electron chi connectivity index (χ2n) is 11.1. The van der Waals surface area contributed by atoms with Crippen molar-refractivity contribution in [1.82, 2.24) is 19.6 Å². The fourth-order valence-corrected chi connectivity index (χ4v) is 7.49. The number of aromatic nitrogens is 4. The molecule has 13 heteroatoms. The summed E-state index contributed by atoms with van der Waals surface area (Å²) in [5.41, 5.74) is 3.54. The number of carbonyl (C=O) groups excluding carboxylic acids is 2. The van der Waals surface area contributed by atoms with Gasteiger partial charge in [0, 0.05) is 11.9 Å². The van der Waals surface area contributed by atoms with Crippen molar-refractivity contribution in [3.63, 3.8) is 0 Å². The first-order chi connectivity index (χ1) is 23.8. The summed E-state index contributed by atoms with van der Waals surface area (Å²) in [6.45, 7) is 2.02. The number of imidazole rings is 1. The summed E-state index contributed by atoms with van der Waals surface area (Å²) in [5.74, 6) is -1.13. The molecule has 6 aromatic rings. The number of amides is 1. The smallest absolute Gasteiger partial charge is 0.301 e. The highest BCUT2D eigenvalue weighted by Gasteiger charge is 2.49. The van der Waals surface area contributed by atoms with Crippen LogP contribution in [0.1, 0.15) is 34.1 Å². The van der Waals surface area contributed by atoms with Crippen LogP contribution < -0.4 is 14.4 Å². The number of nitrogens with zero attached hydrogens (tertiary/aromatic N) is 5. The van der Waals surface area contributed by atoms with Gasteiger partial charge in [0.15, 0.2) is 21.6 Å². The number of ketones is 1. The van der Waals surface area contributed by atoms with Gasteiger partial charge in [-0.15, -0.1) is 10.2 Å². The molecular weight excluding hydrogens is 666 g/mol. The first-order valence-electron chi connectivity index (χ1n) is 15.1. The fourth-order valence-electron chi connectivity index (χ4n) is 5.66. The molecule has 1 fully saturated rings. The Balaban J connectivity index is 1.30. The molecule has 0 radical (unpaired) electrons. The third-order valence-corrected chi connectivity index (χ3v) is 10.1. The van der Waals surface area contributed by atoms with Crippen molar-refractivity contribution in [2.75, 3.05) is 12.0 Å². The number of ether oxygens (including phenoxy) is 2. The minimum Gasteiger partial charge on any atom is -0.505 e. The highest BCUT2D eigenvalue weighted by atomic mass is 32.2. The van der Waals surface area contributed by atoms with Gasteiger partial charge in [-0.2, -0.15) is 0 Å². The summed E-state index contributed by atoms with van der Waals surface area (Å²) in [5, 5.41) is 20.6. The van der Waals surface area contributed by atoms with Crippen LogP contribution in [0.15, 0.2) is 107 Å². The Labute approximate surface area is 288 Å². The number of benzene rings is 3. The number of thioether (sulfide) groups is 1. The van der Waals surface area contributed by atoms with Gasteiger partial charge < -0.3 is 14.6 Å². The molecule has 1 atom stereocenters. The van der Waals surface area contributed by atoms with Crippen molar-refractivity contribution < 1.29 is 28.6 Å². The number of aliphatic hydroxyl groups excluding tert-OH is 1. The lowest BCUT2D eigenvalue weighted by molar-refractivity contribution is -0.132. The summed E-state index contributed by atoms with van der Waals surface area (Å²) >= 11 is 2.50. The maximum Gasteiger partial charge on any atom is 0.301 e. The predicted octanol–water partition coefficient (Wildman–Crippen LogP) is 7.14. The minimum atomic E-state index is -1.09. The van der Waals surface area contributed by atoms with Crippen molar-refractivity contribution in [2.24, 2.45) is 0 Å². The van der Waals surface area contributed by atoms with E-state index in [2.05, 4.69) is 15.2 Å². The number of rotatable bonds is 10. The van der Waals surface area contributed by atoms with Crippen LogP contribution in [0.2, 0.25) is 0 Å². The number of aliphatic hydroxyl groups is 1. The number of hydrogen-bond donors (Lipinski definition) is 1. The maximum atomic E-state index is 13.9. The molecule has 7 rings (SSSR count). The molecule has 1 amide bonds.